The van der Waals surface area contributed by atoms with Gasteiger partial charge in [0.05, 0.1) is 0 Å². The number of carbonyl (C=O) groups excluding carboxylic acids is 1. The van der Waals surface area contributed by atoms with Crippen molar-refractivity contribution in [3.05, 3.63) is 52.6 Å². The van der Waals surface area contributed by atoms with Crippen LogP contribution in [-0.2, 0) is 0 Å². The Balaban J connectivity index is 1.56. The van der Waals surface area contributed by atoms with Gasteiger partial charge in [-0.15, -0.1) is 0 Å². The van der Waals surface area contributed by atoms with E-state index in [4.69, 9.17) is 10.1 Å². The van der Waals surface area contributed by atoms with E-state index in [1.807, 2.05) is 30.3 Å². The highest BCUT2D eigenvalue weighted by atomic mass is 16.5. The lowest BCUT2D eigenvalue weighted by molar-refractivity contribution is 0.0855. The first-order valence-electron chi connectivity index (χ1n) is 7.10. The largest absolute Gasteiger partial charge is 0.350 e. The maximum absolute atomic E-state index is 12.1. The van der Waals surface area contributed by atoms with Crippen molar-refractivity contribution >= 4 is 5.91 Å². The summed E-state index contributed by atoms with van der Waals surface area (Å²) in [7, 11) is 0. The third-order valence-electron chi connectivity index (χ3n) is 3.78. The van der Waals surface area contributed by atoms with Crippen molar-refractivity contribution in [2.45, 2.75) is 18.9 Å². The lowest BCUT2D eigenvalue weighted by atomic mass is 9.80. The van der Waals surface area contributed by atoms with Crippen LogP contribution in [0.4, 0.5) is 0 Å². The van der Waals surface area contributed by atoms with Crippen molar-refractivity contribution in [3.63, 3.8) is 0 Å². The Labute approximate surface area is 126 Å². The average Bonchev–Trinajstić information content (AvgIpc) is 3.00. The second-order valence-corrected chi connectivity index (χ2v) is 5.36. The molecular formula is C15H15N5O2. The van der Waals surface area contributed by atoms with Crippen molar-refractivity contribution < 1.29 is 9.32 Å². The zero-order chi connectivity index (χ0) is 15.4. The van der Waals surface area contributed by atoms with Crippen LogP contribution in [0, 0.1) is 5.92 Å². The summed E-state index contributed by atoms with van der Waals surface area (Å²) in [5, 5.41) is 10.4. The van der Waals surface area contributed by atoms with Gasteiger partial charge in [-0.25, -0.2) is 0 Å². The van der Waals surface area contributed by atoms with Gasteiger partial charge in [0.1, 0.15) is 5.69 Å². The number of nitrogens with one attached hydrogen (secondary N) is 1. The van der Waals surface area contributed by atoms with Crippen LogP contribution < -0.4 is 5.32 Å². The maximum atomic E-state index is 12.1. The van der Waals surface area contributed by atoms with Crippen molar-refractivity contribution in [1.29, 1.82) is 0 Å². The predicted octanol–water partition coefficient (Wildman–Crippen LogP) is 3.16. The Kier molecular flexibility index (Phi) is 4.07. The summed E-state index contributed by atoms with van der Waals surface area (Å²) in [5.41, 5.74) is 9.81. The number of hydrogen-bond acceptors (Lipinski definition) is 4. The molecule has 7 nitrogen and oxygen atoms in total. The number of hydrogen-bond donors (Lipinski definition) is 1. The summed E-state index contributed by atoms with van der Waals surface area (Å²) in [5.74, 6) is 0.301. The van der Waals surface area contributed by atoms with Crippen molar-refractivity contribution in [1.82, 2.24) is 10.5 Å². The molecule has 0 atom stereocenters. The van der Waals surface area contributed by atoms with Crippen LogP contribution in [0.25, 0.3) is 21.7 Å². The van der Waals surface area contributed by atoms with Crippen LogP contribution in [0.2, 0.25) is 0 Å². The SMILES string of the molecule is [N-]=[N+]=NC[C@H]1C[C@@H](NC(=O)c2cc(-c3ccccc3)no2)C1. The molecule has 0 unspecified atom stereocenters. The van der Waals surface area contributed by atoms with E-state index >= 15 is 0 Å². The van der Waals surface area contributed by atoms with Crippen molar-refractivity contribution in [3.8, 4) is 11.3 Å². The van der Waals surface area contributed by atoms with Gasteiger partial charge in [-0.2, -0.15) is 0 Å². The van der Waals surface area contributed by atoms with Crippen LogP contribution in [0.1, 0.15) is 23.4 Å². The minimum Gasteiger partial charge on any atom is -0.350 e. The van der Waals surface area contributed by atoms with Crippen LogP contribution in [0.3, 0.4) is 0 Å². The fourth-order valence-electron chi connectivity index (χ4n) is 2.54. The molecule has 7 heteroatoms. The van der Waals surface area contributed by atoms with Gasteiger partial charge >= 0.3 is 0 Å². The van der Waals surface area contributed by atoms with Gasteiger partial charge < -0.3 is 9.84 Å². The Hall–Kier alpha value is -2.79. The normalized spacial score (nSPS) is 19.8. The number of rotatable bonds is 5. The van der Waals surface area contributed by atoms with E-state index in [9.17, 15) is 4.79 Å². The minimum atomic E-state index is -0.262. The number of carbonyl (C=O) groups is 1. The van der Waals surface area contributed by atoms with Gasteiger partial charge in [-0.3, -0.25) is 4.79 Å². The third-order valence-corrected chi connectivity index (χ3v) is 3.78. The van der Waals surface area contributed by atoms with E-state index in [0.29, 0.717) is 18.2 Å². The van der Waals surface area contributed by atoms with Gasteiger partial charge in [0.15, 0.2) is 0 Å². The second-order valence-electron chi connectivity index (χ2n) is 5.36. The molecule has 0 bridgehead atoms. The highest BCUT2D eigenvalue weighted by molar-refractivity contribution is 5.92. The second kappa shape index (κ2) is 6.32. The summed E-state index contributed by atoms with van der Waals surface area (Å²) in [4.78, 5) is 14.8. The van der Waals surface area contributed by atoms with Gasteiger partial charge in [-0.1, -0.05) is 40.6 Å². The minimum absolute atomic E-state index is 0.108. The lowest BCUT2D eigenvalue weighted by Crippen LogP contribution is -2.45. The van der Waals surface area contributed by atoms with E-state index in [1.54, 1.807) is 6.07 Å². The number of nitrogens with zero attached hydrogens (tertiary/aromatic N) is 4. The van der Waals surface area contributed by atoms with Gasteiger partial charge in [0.25, 0.3) is 5.91 Å². The monoisotopic (exact) mass is 297 g/mol. The summed E-state index contributed by atoms with van der Waals surface area (Å²) < 4.78 is 5.11. The molecule has 3 rings (SSSR count). The average molecular weight is 297 g/mol. The van der Waals surface area contributed by atoms with Gasteiger partial charge in [0.2, 0.25) is 5.76 Å². The molecule has 1 heterocycles. The lowest BCUT2D eigenvalue weighted by Gasteiger charge is -2.34. The molecule has 1 N–H and O–H groups in total. The maximum Gasteiger partial charge on any atom is 0.290 e. The molecule has 0 spiro atoms. The van der Waals surface area contributed by atoms with E-state index in [1.165, 1.54) is 0 Å². The first-order chi connectivity index (χ1) is 10.8. The third kappa shape index (κ3) is 3.10. The molecular weight excluding hydrogens is 282 g/mol. The number of aromatic nitrogens is 1. The topological polar surface area (TPSA) is 104 Å². The van der Waals surface area contributed by atoms with E-state index in [0.717, 1.165) is 18.4 Å². The molecule has 1 aromatic heterocycles. The summed E-state index contributed by atoms with van der Waals surface area (Å²) in [6.45, 7) is 0.489. The fraction of sp³-hybridized carbons (Fsp3) is 0.333. The Bertz CT molecular complexity index is 700. The molecule has 1 fully saturated rings. The molecule has 0 aliphatic heterocycles. The van der Waals surface area contributed by atoms with Crippen molar-refractivity contribution in [2.24, 2.45) is 11.0 Å². The van der Waals surface area contributed by atoms with Crippen LogP contribution >= 0.6 is 0 Å². The fourth-order valence-corrected chi connectivity index (χ4v) is 2.54. The quantitative estimate of drug-likeness (QED) is 0.520. The van der Waals surface area contributed by atoms with E-state index < -0.39 is 0 Å². The molecule has 1 aromatic carbocycles. The summed E-state index contributed by atoms with van der Waals surface area (Å²) >= 11 is 0. The Morgan fingerprint density at radius 1 is 1.41 bits per heavy atom. The first-order valence-corrected chi connectivity index (χ1v) is 7.10. The van der Waals surface area contributed by atoms with E-state index in [-0.39, 0.29) is 17.7 Å². The zero-order valence-corrected chi connectivity index (χ0v) is 11.8. The first kappa shape index (κ1) is 14.2. The molecule has 22 heavy (non-hydrogen) atoms. The predicted molar refractivity (Wildman–Crippen MR) is 79.9 cm³/mol. The standard InChI is InChI=1S/C15H15N5O2/c16-20-17-9-10-6-12(7-10)18-15(21)14-8-13(19-22-14)11-4-2-1-3-5-11/h1-5,8,10,12H,6-7,9H2,(H,18,21)/t10-,12+. The molecule has 112 valence electrons. The molecule has 0 saturated heterocycles. The number of azide groups is 1. The Morgan fingerprint density at radius 3 is 2.91 bits per heavy atom. The molecule has 1 aliphatic carbocycles. The molecule has 2 aromatic rings. The van der Waals surface area contributed by atoms with Gasteiger partial charge in [0, 0.05) is 29.1 Å². The van der Waals surface area contributed by atoms with Crippen LogP contribution in [-0.4, -0.2) is 23.7 Å². The number of amides is 1. The van der Waals surface area contributed by atoms with E-state index in [2.05, 4.69) is 20.5 Å². The van der Waals surface area contributed by atoms with Crippen molar-refractivity contribution in [2.75, 3.05) is 6.54 Å². The smallest absolute Gasteiger partial charge is 0.290 e. The summed E-state index contributed by atoms with van der Waals surface area (Å²) in [6, 6.07) is 11.3. The molecule has 1 amide bonds. The highest BCUT2D eigenvalue weighted by Crippen LogP contribution is 2.28. The molecule has 0 radical (unpaired) electrons. The van der Waals surface area contributed by atoms with Crippen LogP contribution in [0.5, 0.6) is 0 Å². The number of benzene rings is 1. The summed E-state index contributed by atoms with van der Waals surface area (Å²) in [6.07, 6.45) is 1.65. The highest BCUT2D eigenvalue weighted by Gasteiger charge is 2.30. The van der Waals surface area contributed by atoms with Crippen LogP contribution in [0.15, 0.2) is 46.0 Å². The molecule has 1 saturated carbocycles. The Morgan fingerprint density at radius 2 is 2.18 bits per heavy atom. The molecule has 1 aliphatic rings. The zero-order valence-electron chi connectivity index (χ0n) is 11.8. The van der Waals surface area contributed by atoms with Gasteiger partial charge in [-0.05, 0) is 24.3 Å².